The van der Waals surface area contributed by atoms with Gasteiger partial charge in [-0.1, -0.05) is 19.1 Å². The Bertz CT molecular complexity index is 501. The van der Waals surface area contributed by atoms with Crippen LogP contribution in [0.15, 0.2) is 36.4 Å². The van der Waals surface area contributed by atoms with Gasteiger partial charge in [-0.2, -0.15) is 0 Å². The average Bonchev–Trinajstić information content (AvgIpc) is 2.87. The lowest BCUT2D eigenvalue weighted by Crippen LogP contribution is -2.07. The first-order chi connectivity index (χ1) is 8.24. The van der Waals surface area contributed by atoms with Gasteiger partial charge in [0.25, 0.3) is 0 Å². The number of aldehydes is 1. The molecule has 0 bridgehead atoms. The van der Waals surface area contributed by atoms with Crippen molar-refractivity contribution in [3.8, 4) is 0 Å². The van der Waals surface area contributed by atoms with E-state index < -0.39 is 0 Å². The van der Waals surface area contributed by atoms with Crippen molar-refractivity contribution >= 4 is 28.3 Å². The number of aryl methyl sites for hydroxylation is 1. The molecule has 0 amide bonds. The van der Waals surface area contributed by atoms with Crippen LogP contribution in [-0.4, -0.2) is 13.3 Å². The van der Waals surface area contributed by atoms with E-state index >= 15 is 0 Å². The lowest BCUT2D eigenvalue weighted by Gasteiger charge is -2.17. The second-order valence-corrected chi connectivity index (χ2v) is 4.97. The number of hydrogen-bond acceptors (Lipinski definition) is 3. The largest absolute Gasteiger partial charge is 0.336 e. The summed E-state index contributed by atoms with van der Waals surface area (Å²) in [4.78, 5) is 13.5. The molecule has 2 rings (SSSR count). The summed E-state index contributed by atoms with van der Waals surface area (Å²) in [5.74, 6) is 0. The zero-order chi connectivity index (χ0) is 12.3. The first kappa shape index (κ1) is 11.9. The van der Waals surface area contributed by atoms with Gasteiger partial charge in [0.1, 0.15) is 0 Å². The normalized spacial score (nSPS) is 10.2. The molecule has 0 unspecified atom stereocenters. The molecule has 2 aromatic rings. The Kier molecular flexibility index (Phi) is 3.59. The van der Waals surface area contributed by atoms with Crippen molar-refractivity contribution < 1.29 is 4.79 Å². The molecule has 0 aliphatic carbocycles. The Hall–Kier alpha value is -1.61. The Morgan fingerprint density at radius 2 is 1.88 bits per heavy atom. The lowest BCUT2D eigenvalue weighted by atomic mass is 10.1. The summed E-state index contributed by atoms with van der Waals surface area (Å²) in [6.45, 7) is 2.15. The second-order valence-electron chi connectivity index (χ2n) is 3.87. The summed E-state index contributed by atoms with van der Waals surface area (Å²) >= 11 is 1.50. The molecule has 0 fully saturated rings. The number of hydrogen-bond donors (Lipinski definition) is 0. The Labute approximate surface area is 106 Å². The average molecular weight is 245 g/mol. The molecule has 0 saturated heterocycles. The maximum absolute atomic E-state index is 10.7. The van der Waals surface area contributed by atoms with Gasteiger partial charge in [-0.25, -0.2) is 0 Å². The topological polar surface area (TPSA) is 20.3 Å². The molecule has 1 aromatic carbocycles. The van der Waals surface area contributed by atoms with Crippen molar-refractivity contribution in [2.24, 2.45) is 0 Å². The van der Waals surface area contributed by atoms with Crippen molar-refractivity contribution in [1.82, 2.24) is 0 Å². The molecule has 88 valence electrons. The molecule has 0 aliphatic rings. The third-order valence-corrected chi connectivity index (χ3v) is 3.88. The highest BCUT2D eigenvalue weighted by atomic mass is 32.1. The summed E-state index contributed by atoms with van der Waals surface area (Å²) in [5.41, 5.74) is 2.48. The Balaban J connectivity index is 2.23. The molecule has 2 nitrogen and oxygen atoms in total. The van der Waals surface area contributed by atoms with Crippen LogP contribution in [0, 0.1) is 0 Å². The van der Waals surface area contributed by atoms with Crippen LogP contribution in [0.25, 0.3) is 0 Å². The predicted molar refractivity (Wildman–Crippen MR) is 73.6 cm³/mol. The molecule has 0 N–H and O–H groups in total. The van der Waals surface area contributed by atoms with Gasteiger partial charge in [0.05, 0.1) is 9.88 Å². The van der Waals surface area contributed by atoms with E-state index in [0.717, 1.165) is 28.3 Å². The van der Waals surface area contributed by atoms with Gasteiger partial charge >= 0.3 is 0 Å². The van der Waals surface area contributed by atoms with E-state index in [1.165, 1.54) is 16.9 Å². The number of carbonyl (C=O) groups is 1. The van der Waals surface area contributed by atoms with E-state index in [2.05, 4.69) is 36.1 Å². The van der Waals surface area contributed by atoms with Crippen LogP contribution >= 0.6 is 11.3 Å². The minimum atomic E-state index is 0.761. The lowest BCUT2D eigenvalue weighted by molar-refractivity contribution is 0.112. The van der Waals surface area contributed by atoms with E-state index in [0.29, 0.717) is 0 Å². The molecule has 0 atom stereocenters. The Morgan fingerprint density at radius 3 is 2.41 bits per heavy atom. The van der Waals surface area contributed by atoms with Crippen molar-refractivity contribution in [1.29, 1.82) is 0 Å². The fourth-order valence-corrected chi connectivity index (χ4v) is 2.47. The maximum Gasteiger partial charge on any atom is 0.160 e. The second kappa shape index (κ2) is 5.15. The van der Waals surface area contributed by atoms with Crippen LogP contribution in [0.3, 0.4) is 0 Å². The molecule has 0 aliphatic heterocycles. The smallest absolute Gasteiger partial charge is 0.160 e. The van der Waals surface area contributed by atoms with Gasteiger partial charge in [0.15, 0.2) is 6.29 Å². The van der Waals surface area contributed by atoms with Crippen LogP contribution in [0.1, 0.15) is 22.2 Å². The van der Waals surface area contributed by atoms with Gasteiger partial charge in [-0.15, -0.1) is 11.3 Å². The summed E-state index contributed by atoms with van der Waals surface area (Å²) < 4.78 is 0. The van der Waals surface area contributed by atoms with Crippen LogP contribution in [0.2, 0.25) is 0 Å². The predicted octanol–water partition coefficient (Wildman–Crippen LogP) is 3.89. The van der Waals surface area contributed by atoms with Crippen molar-refractivity contribution in [3.63, 3.8) is 0 Å². The van der Waals surface area contributed by atoms with Gasteiger partial charge in [0, 0.05) is 12.7 Å². The number of nitrogens with zero attached hydrogens (tertiary/aromatic N) is 1. The molecular formula is C14H15NOS. The van der Waals surface area contributed by atoms with Gasteiger partial charge in [-0.05, 0) is 36.2 Å². The highest BCUT2D eigenvalue weighted by molar-refractivity contribution is 7.17. The van der Waals surface area contributed by atoms with Gasteiger partial charge < -0.3 is 4.90 Å². The zero-order valence-electron chi connectivity index (χ0n) is 10.0. The van der Waals surface area contributed by atoms with E-state index in [9.17, 15) is 4.79 Å². The fourth-order valence-electron chi connectivity index (χ4n) is 1.67. The van der Waals surface area contributed by atoms with Crippen molar-refractivity contribution in [3.05, 3.63) is 46.8 Å². The van der Waals surface area contributed by atoms with Crippen LogP contribution < -0.4 is 4.90 Å². The molecule has 0 saturated carbocycles. The van der Waals surface area contributed by atoms with Gasteiger partial charge in [0.2, 0.25) is 0 Å². The number of benzene rings is 1. The van der Waals surface area contributed by atoms with Crippen LogP contribution in [-0.2, 0) is 6.42 Å². The zero-order valence-corrected chi connectivity index (χ0v) is 10.8. The number of anilines is 2. The van der Waals surface area contributed by atoms with Crippen molar-refractivity contribution in [2.75, 3.05) is 11.9 Å². The molecular weight excluding hydrogens is 230 g/mol. The first-order valence-corrected chi connectivity index (χ1v) is 6.44. The molecule has 3 heteroatoms. The van der Waals surface area contributed by atoms with E-state index in [-0.39, 0.29) is 0 Å². The number of thiophene rings is 1. The van der Waals surface area contributed by atoms with Gasteiger partial charge in [-0.3, -0.25) is 4.79 Å². The number of carbonyl (C=O) groups excluding carboxylic acids is 1. The molecule has 0 radical (unpaired) electrons. The summed E-state index contributed by atoms with van der Waals surface area (Å²) in [6.07, 6.45) is 1.94. The highest BCUT2D eigenvalue weighted by Gasteiger charge is 2.06. The maximum atomic E-state index is 10.7. The number of rotatable bonds is 4. The standard InChI is InChI=1S/C14H15NOS/c1-3-11-4-6-12(7-5-11)15(2)14-9-8-13(10-16)17-14/h4-10H,3H2,1-2H3. The highest BCUT2D eigenvalue weighted by Crippen LogP contribution is 2.30. The third kappa shape index (κ3) is 2.56. The van der Waals surface area contributed by atoms with E-state index in [4.69, 9.17) is 0 Å². The van der Waals surface area contributed by atoms with Crippen molar-refractivity contribution in [2.45, 2.75) is 13.3 Å². The quantitative estimate of drug-likeness (QED) is 0.762. The molecule has 17 heavy (non-hydrogen) atoms. The SMILES string of the molecule is CCc1ccc(N(C)c2ccc(C=O)s2)cc1. The van der Waals surface area contributed by atoms with Crippen LogP contribution in [0.4, 0.5) is 10.7 Å². The summed E-state index contributed by atoms with van der Waals surface area (Å²) in [6, 6.07) is 12.3. The Morgan fingerprint density at radius 1 is 1.18 bits per heavy atom. The van der Waals surface area contributed by atoms with E-state index in [1.54, 1.807) is 0 Å². The molecule has 0 spiro atoms. The summed E-state index contributed by atoms with van der Waals surface area (Å²) in [5, 5.41) is 1.08. The third-order valence-electron chi connectivity index (χ3n) is 2.79. The van der Waals surface area contributed by atoms with Crippen LogP contribution in [0.5, 0.6) is 0 Å². The first-order valence-electron chi connectivity index (χ1n) is 5.62. The fraction of sp³-hybridized carbons (Fsp3) is 0.214. The summed E-state index contributed by atoms with van der Waals surface area (Å²) in [7, 11) is 2.02. The monoisotopic (exact) mass is 245 g/mol. The minimum absolute atomic E-state index is 0.761. The minimum Gasteiger partial charge on any atom is -0.336 e. The molecule has 1 heterocycles. The molecule has 1 aromatic heterocycles. The van der Waals surface area contributed by atoms with E-state index in [1.807, 2.05) is 19.2 Å².